The zero-order valence-electron chi connectivity index (χ0n) is 13.9. The van der Waals surface area contributed by atoms with Crippen LogP contribution < -0.4 is 0 Å². The number of hydrogen-bond acceptors (Lipinski definition) is 2. The van der Waals surface area contributed by atoms with Crippen LogP contribution in [0.4, 0.5) is 0 Å². The van der Waals surface area contributed by atoms with Crippen LogP contribution in [0.2, 0.25) is 0 Å². The fourth-order valence-corrected chi connectivity index (χ4v) is 3.40. The van der Waals surface area contributed by atoms with Gasteiger partial charge in [0.05, 0.1) is 5.41 Å². The molecule has 2 unspecified atom stereocenters. The number of carbonyl (C=O) groups is 1. The van der Waals surface area contributed by atoms with Crippen molar-refractivity contribution in [3.63, 3.8) is 0 Å². The van der Waals surface area contributed by atoms with Crippen LogP contribution in [0.25, 0.3) is 0 Å². The molecule has 0 aliphatic heterocycles. The molecule has 1 aliphatic carbocycles. The number of hydrogen-bond donors (Lipinski definition) is 1. The molecule has 21 heavy (non-hydrogen) atoms. The Hall–Kier alpha value is -1.09. The summed E-state index contributed by atoms with van der Waals surface area (Å²) in [7, 11) is 1.69. The van der Waals surface area contributed by atoms with Crippen molar-refractivity contribution in [2.75, 3.05) is 13.7 Å². The van der Waals surface area contributed by atoms with E-state index < -0.39 is 11.4 Å². The Morgan fingerprint density at radius 3 is 2.71 bits per heavy atom. The highest BCUT2D eigenvalue weighted by Crippen LogP contribution is 2.45. The first-order chi connectivity index (χ1) is 9.97. The van der Waals surface area contributed by atoms with Gasteiger partial charge in [0.15, 0.2) is 0 Å². The highest BCUT2D eigenvalue weighted by Gasteiger charge is 2.44. The average molecular weight is 294 g/mol. The van der Waals surface area contributed by atoms with Crippen LogP contribution >= 0.6 is 0 Å². The third-order valence-corrected chi connectivity index (χ3v) is 4.55. The van der Waals surface area contributed by atoms with Gasteiger partial charge in [-0.2, -0.15) is 0 Å². The van der Waals surface area contributed by atoms with Crippen LogP contribution in [0.3, 0.4) is 0 Å². The molecule has 0 aromatic carbocycles. The summed E-state index contributed by atoms with van der Waals surface area (Å²) in [5.41, 5.74) is 0.482. The third-order valence-electron chi connectivity index (χ3n) is 4.55. The zero-order valence-corrected chi connectivity index (χ0v) is 13.9. The summed E-state index contributed by atoms with van der Waals surface area (Å²) in [5, 5.41) is 9.89. The Kier molecular flexibility index (Phi) is 7.16. The summed E-state index contributed by atoms with van der Waals surface area (Å²) >= 11 is 0. The first-order valence-electron chi connectivity index (χ1n) is 8.08. The van der Waals surface area contributed by atoms with Crippen LogP contribution in [0, 0.1) is 17.3 Å². The van der Waals surface area contributed by atoms with Crippen LogP contribution in [-0.2, 0) is 9.53 Å². The first-order valence-corrected chi connectivity index (χ1v) is 8.08. The number of carboxylic acid groups (broad SMARTS) is 1. The molecule has 2 atom stereocenters. The van der Waals surface area contributed by atoms with Crippen LogP contribution in [0.15, 0.2) is 23.8 Å². The molecule has 3 nitrogen and oxygen atoms in total. The molecule has 0 saturated carbocycles. The Morgan fingerprint density at radius 1 is 1.48 bits per heavy atom. The number of rotatable bonds is 9. The van der Waals surface area contributed by atoms with Crippen molar-refractivity contribution < 1.29 is 14.6 Å². The van der Waals surface area contributed by atoms with E-state index in [9.17, 15) is 9.90 Å². The maximum absolute atomic E-state index is 12.0. The van der Waals surface area contributed by atoms with Crippen molar-refractivity contribution in [3.8, 4) is 0 Å². The van der Waals surface area contributed by atoms with Gasteiger partial charge in [-0.3, -0.25) is 4.79 Å². The van der Waals surface area contributed by atoms with Crippen LogP contribution in [0.5, 0.6) is 0 Å². The number of allylic oxidation sites excluding steroid dienone is 2. The molecule has 0 fully saturated rings. The number of methoxy groups -OCH3 is 1. The average Bonchev–Trinajstić information content (AvgIpc) is 2.44. The van der Waals surface area contributed by atoms with Crippen molar-refractivity contribution in [1.29, 1.82) is 0 Å². The predicted octanol–water partition coefficient (Wildman–Crippen LogP) is 4.44. The fourth-order valence-electron chi connectivity index (χ4n) is 3.40. The van der Waals surface area contributed by atoms with Gasteiger partial charge in [-0.15, -0.1) is 0 Å². The quantitative estimate of drug-likeness (QED) is 0.683. The monoisotopic (exact) mass is 294 g/mol. The molecule has 0 saturated heterocycles. The lowest BCUT2D eigenvalue weighted by Crippen LogP contribution is -2.39. The topological polar surface area (TPSA) is 46.5 Å². The minimum absolute atomic E-state index is 0.0855. The van der Waals surface area contributed by atoms with Gasteiger partial charge in [0.1, 0.15) is 0 Å². The maximum Gasteiger partial charge on any atom is 0.314 e. The highest BCUT2D eigenvalue weighted by molar-refractivity contribution is 5.78. The van der Waals surface area contributed by atoms with Crippen LogP contribution in [-0.4, -0.2) is 24.8 Å². The van der Waals surface area contributed by atoms with Crippen LogP contribution in [0.1, 0.15) is 52.9 Å². The molecular weight excluding hydrogens is 264 g/mol. The zero-order chi connectivity index (χ0) is 15.9. The summed E-state index contributed by atoms with van der Waals surface area (Å²) in [6, 6.07) is 0. The molecule has 120 valence electrons. The molecule has 0 aromatic heterocycles. The van der Waals surface area contributed by atoms with Crippen molar-refractivity contribution in [2.45, 2.75) is 52.9 Å². The van der Waals surface area contributed by atoms with E-state index in [0.29, 0.717) is 12.5 Å². The van der Waals surface area contributed by atoms with Crippen molar-refractivity contribution in [1.82, 2.24) is 0 Å². The van der Waals surface area contributed by atoms with Gasteiger partial charge in [0.2, 0.25) is 0 Å². The van der Waals surface area contributed by atoms with E-state index in [1.165, 1.54) is 5.57 Å². The van der Waals surface area contributed by atoms with Gasteiger partial charge >= 0.3 is 5.97 Å². The van der Waals surface area contributed by atoms with E-state index in [4.69, 9.17) is 4.74 Å². The Morgan fingerprint density at radius 2 is 2.19 bits per heavy atom. The van der Waals surface area contributed by atoms with Gasteiger partial charge in [0.25, 0.3) is 0 Å². The minimum Gasteiger partial charge on any atom is -0.481 e. The fraction of sp³-hybridized carbons (Fsp3) is 0.722. The molecule has 0 aromatic rings. The molecule has 1 rings (SSSR count). The molecule has 1 aliphatic rings. The Bertz CT molecular complexity index is 395. The van der Waals surface area contributed by atoms with Gasteiger partial charge in [-0.1, -0.05) is 57.4 Å². The van der Waals surface area contributed by atoms with E-state index in [-0.39, 0.29) is 5.92 Å². The third kappa shape index (κ3) is 4.44. The highest BCUT2D eigenvalue weighted by atomic mass is 16.5. The number of carboxylic acids is 1. The second kappa shape index (κ2) is 8.38. The Balaban J connectivity index is 2.93. The standard InChI is InChI=1S/C18H30O3/c1-5-16-15(10-13-21-4)9-7-12-18(16,17(19)20)11-6-8-14(2)3/h7,9,12,14,16H,5-6,8,10-11,13H2,1-4H3,(H,19,20). The molecule has 0 heterocycles. The van der Waals surface area contributed by atoms with E-state index in [0.717, 1.165) is 32.1 Å². The lowest BCUT2D eigenvalue weighted by molar-refractivity contribution is -0.149. The normalized spacial score (nSPS) is 25.2. The van der Waals surface area contributed by atoms with E-state index in [2.05, 4.69) is 26.8 Å². The number of aliphatic carboxylic acids is 1. The molecule has 1 N–H and O–H groups in total. The van der Waals surface area contributed by atoms with Crippen molar-refractivity contribution in [3.05, 3.63) is 23.8 Å². The second-order valence-corrected chi connectivity index (χ2v) is 6.44. The summed E-state index contributed by atoms with van der Waals surface area (Å²) in [5.74, 6) is 0.0201. The lowest BCUT2D eigenvalue weighted by Gasteiger charge is -2.38. The Labute approximate surface area is 129 Å². The summed E-state index contributed by atoms with van der Waals surface area (Å²) in [6.45, 7) is 7.11. The molecular formula is C18H30O3. The lowest BCUT2D eigenvalue weighted by atomic mass is 9.64. The predicted molar refractivity (Wildman–Crippen MR) is 86.3 cm³/mol. The molecule has 0 amide bonds. The summed E-state index contributed by atoms with van der Waals surface area (Å²) in [4.78, 5) is 12.0. The molecule has 0 radical (unpaired) electrons. The van der Waals surface area contributed by atoms with E-state index in [1.807, 2.05) is 12.2 Å². The van der Waals surface area contributed by atoms with Gasteiger partial charge < -0.3 is 9.84 Å². The number of ether oxygens (including phenoxy) is 1. The van der Waals surface area contributed by atoms with E-state index in [1.54, 1.807) is 7.11 Å². The largest absolute Gasteiger partial charge is 0.481 e. The SMILES string of the molecule is CCC1C(CCOC)=CC=CC1(CCCC(C)C)C(=O)O. The molecule has 0 spiro atoms. The van der Waals surface area contributed by atoms with Gasteiger partial charge in [0, 0.05) is 13.7 Å². The second-order valence-electron chi connectivity index (χ2n) is 6.44. The maximum atomic E-state index is 12.0. The minimum atomic E-state index is -0.735. The van der Waals surface area contributed by atoms with Gasteiger partial charge in [-0.25, -0.2) is 0 Å². The first kappa shape index (κ1) is 18.0. The summed E-state index contributed by atoms with van der Waals surface area (Å²) < 4.78 is 5.17. The molecule has 0 bridgehead atoms. The van der Waals surface area contributed by atoms with Crippen molar-refractivity contribution >= 4 is 5.97 Å². The van der Waals surface area contributed by atoms with Crippen molar-refractivity contribution in [2.24, 2.45) is 17.3 Å². The summed E-state index contributed by atoms with van der Waals surface area (Å²) in [6.07, 6.45) is 10.4. The van der Waals surface area contributed by atoms with Gasteiger partial charge in [-0.05, 0) is 31.1 Å². The molecule has 3 heteroatoms. The van der Waals surface area contributed by atoms with E-state index >= 15 is 0 Å². The smallest absolute Gasteiger partial charge is 0.314 e.